The van der Waals surface area contributed by atoms with E-state index in [9.17, 15) is 9.59 Å². The van der Waals surface area contributed by atoms with Crippen molar-refractivity contribution in [3.05, 3.63) is 33.9 Å². The van der Waals surface area contributed by atoms with Gasteiger partial charge < -0.3 is 14.8 Å². The monoisotopic (exact) mass is 452 g/mol. The van der Waals surface area contributed by atoms with E-state index >= 15 is 0 Å². The molecule has 1 aromatic carbocycles. The summed E-state index contributed by atoms with van der Waals surface area (Å²) in [5.74, 6) is 0.254. The van der Waals surface area contributed by atoms with E-state index in [-0.39, 0.29) is 29.3 Å². The number of esters is 1. The van der Waals surface area contributed by atoms with Gasteiger partial charge in [0.2, 0.25) is 0 Å². The van der Waals surface area contributed by atoms with Crippen LogP contribution in [0.25, 0.3) is 10.9 Å². The first-order valence-corrected chi connectivity index (χ1v) is 10.8. The molecule has 1 heterocycles. The first kappa shape index (κ1) is 22.6. The number of aromatic nitrogens is 1. The van der Waals surface area contributed by atoms with Crippen molar-refractivity contribution in [1.29, 1.82) is 0 Å². The topological polar surface area (TPSA) is 77.5 Å². The van der Waals surface area contributed by atoms with Crippen molar-refractivity contribution < 1.29 is 19.1 Å². The summed E-state index contributed by atoms with van der Waals surface area (Å²) in [6, 6.07) is 5.30. The van der Waals surface area contributed by atoms with Crippen LogP contribution in [0.15, 0.2) is 18.2 Å². The van der Waals surface area contributed by atoms with E-state index in [2.05, 4.69) is 24.1 Å². The number of nitrogens with one attached hydrogen (secondary N) is 1. The van der Waals surface area contributed by atoms with Crippen molar-refractivity contribution in [2.24, 2.45) is 11.8 Å². The molecule has 0 aliphatic heterocycles. The molecule has 0 bridgehead atoms. The molecule has 1 fully saturated rings. The van der Waals surface area contributed by atoms with Crippen LogP contribution in [-0.2, 0) is 14.3 Å². The van der Waals surface area contributed by atoms with Crippen molar-refractivity contribution in [2.45, 2.75) is 46.1 Å². The molecule has 3 atom stereocenters. The Balaban J connectivity index is 1.55. The summed E-state index contributed by atoms with van der Waals surface area (Å²) in [4.78, 5) is 28.7. The standard InChI is InChI=1S/C22H26Cl2N2O4/c1-12-5-4-6-18(14(12)3)26-19(27)10-29-20(28)11-30-22-17(24)9-16(23)15-8-7-13(2)25-21(15)22/h7-9,12,14,18H,4-6,10-11H2,1-3H3,(H,26,27)/t12-,14+,18-/m1/s1. The van der Waals surface area contributed by atoms with E-state index < -0.39 is 12.6 Å². The van der Waals surface area contributed by atoms with Gasteiger partial charge in [-0.15, -0.1) is 0 Å². The average molecular weight is 453 g/mol. The molecule has 1 aromatic heterocycles. The number of hydrogen-bond acceptors (Lipinski definition) is 5. The number of benzene rings is 1. The fraction of sp³-hybridized carbons (Fsp3) is 0.500. The molecule has 1 aliphatic rings. The normalized spacial score (nSPS) is 21.3. The zero-order valence-corrected chi connectivity index (χ0v) is 18.8. The minimum Gasteiger partial charge on any atom is -0.478 e. The van der Waals surface area contributed by atoms with Gasteiger partial charge in [-0.1, -0.05) is 49.9 Å². The Morgan fingerprint density at radius 2 is 1.93 bits per heavy atom. The van der Waals surface area contributed by atoms with E-state index in [0.29, 0.717) is 27.8 Å². The summed E-state index contributed by atoms with van der Waals surface area (Å²) in [6.45, 7) is 5.44. The Morgan fingerprint density at radius 1 is 1.17 bits per heavy atom. The first-order valence-electron chi connectivity index (χ1n) is 10.1. The molecule has 8 heteroatoms. The van der Waals surface area contributed by atoms with Crippen LogP contribution in [0.4, 0.5) is 0 Å². The van der Waals surface area contributed by atoms with Gasteiger partial charge in [-0.3, -0.25) is 4.79 Å². The molecule has 1 amide bonds. The van der Waals surface area contributed by atoms with Crippen molar-refractivity contribution in [2.75, 3.05) is 13.2 Å². The predicted molar refractivity (Wildman–Crippen MR) is 117 cm³/mol. The number of carbonyl (C=O) groups is 2. The molecule has 1 saturated carbocycles. The van der Waals surface area contributed by atoms with E-state index in [1.54, 1.807) is 6.07 Å². The smallest absolute Gasteiger partial charge is 0.344 e. The fourth-order valence-electron chi connectivity index (χ4n) is 3.78. The highest BCUT2D eigenvalue weighted by Gasteiger charge is 2.28. The Hall–Kier alpha value is -2.05. The number of carbonyl (C=O) groups excluding carboxylic acids is 2. The molecule has 0 saturated heterocycles. The van der Waals surface area contributed by atoms with Gasteiger partial charge in [0, 0.05) is 17.1 Å². The molecule has 1 N–H and O–H groups in total. The molecule has 6 nitrogen and oxygen atoms in total. The van der Waals surface area contributed by atoms with E-state index in [4.69, 9.17) is 32.7 Å². The predicted octanol–water partition coefficient (Wildman–Crippen LogP) is 4.71. The molecule has 162 valence electrons. The van der Waals surface area contributed by atoms with Gasteiger partial charge in [-0.05, 0) is 43.4 Å². The summed E-state index contributed by atoms with van der Waals surface area (Å²) in [5.41, 5.74) is 1.23. The lowest BCUT2D eigenvalue weighted by Gasteiger charge is -2.34. The largest absolute Gasteiger partial charge is 0.478 e. The highest BCUT2D eigenvalue weighted by Crippen LogP contribution is 2.37. The highest BCUT2D eigenvalue weighted by molar-refractivity contribution is 6.39. The number of aryl methyl sites for hydroxylation is 1. The number of pyridine rings is 1. The van der Waals surface area contributed by atoms with Gasteiger partial charge in [0.1, 0.15) is 5.52 Å². The summed E-state index contributed by atoms with van der Waals surface area (Å²) >= 11 is 12.5. The van der Waals surface area contributed by atoms with Crippen LogP contribution >= 0.6 is 23.2 Å². The molecule has 2 aromatic rings. The average Bonchev–Trinajstić information content (AvgIpc) is 2.69. The van der Waals surface area contributed by atoms with E-state index in [0.717, 1.165) is 18.5 Å². The second-order valence-electron chi connectivity index (χ2n) is 7.91. The van der Waals surface area contributed by atoms with Gasteiger partial charge >= 0.3 is 5.97 Å². The first-order chi connectivity index (χ1) is 14.3. The SMILES string of the molecule is Cc1ccc2c(Cl)cc(Cl)c(OCC(=O)OCC(=O)N[C@@H]3CCC[C@@H](C)[C@@H]3C)c2n1. The molecule has 1 aliphatic carbocycles. The molecular weight excluding hydrogens is 427 g/mol. The van der Waals surface area contributed by atoms with Crippen molar-refractivity contribution >= 4 is 46.0 Å². The van der Waals surface area contributed by atoms with E-state index in [1.807, 2.05) is 19.1 Å². The molecule has 0 spiro atoms. The Morgan fingerprint density at radius 3 is 2.70 bits per heavy atom. The van der Waals surface area contributed by atoms with Crippen molar-refractivity contribution in [3.8, 4) is 5.75 Å². The van der Waals surface area contributed by atoms with E-state index in [1.165, 1.54) is 6.42 Å². The maximum absolute atomic E-state index is 12.2. The van der Waals surface area contributed by atoms with Gasteiger partial charge in [0.05, 0.1) is 10.0 Å². The number of amides is 1. The number of nitrogens with zero attached hydrogens (tertiary/aromatic N) is 1. The summed E-state index contributed by atoms with van der Waals surface area (Å²) in [6.07, 6.45) is 3.21. The lowest BCUT2D eigenvalue weighted by atomic mass is 9.78. The second kappa shape index (κ2) is 9.84. The Kier molecular flexibility index (Phi) is 7.42. The number of hydrogen-bond donors (Lipinski definition) is 1. The zero-order valence-electron chi connectivity index (χ0n) is 17.3. The fourth-order valence-corrected chi connectivity index (χ4v) is 4.35. The van der Waals surface area contributed by atoms with Gasteiger partial charge in [-0.2, -0.15) is 0 Å². The van der Waals surface area contributed by atoms with Gasteiger partial charge in [0.15, 0.2) is 19.0 Å². The molecule has 30 heavy (non-hydrogen) atoms. The third kappa shape index (κ3) is 5.35. The van der Waals surface area contributed by atoms with Crippen LogP contribution < -0.4 is 10.1 Å². The minimum atomic E-state index is -0.665. The number of halogens is 2. The Bertz CT molecular complexity index is 950. The van der Waals surface area contributed by atoms with Crippen LogP contribution in [-0.4, -0.2) is 36.1 Å². The summed E-state index contributed by atoms with van der Waals surface area (Å²) < 4.78 is 10.6. The Labute approximate surface area is 186 Å². The third-order valence-corrected chi connectivity index (χ3v) is 6.32. The maximum Gasteiger partial charge on any atom is 0.344 e. The number of rotatable bonds is 6. The van der Waals surface area contributed by atoms with Crippen molar-refractivity contribution in [3.63, 3.8) is 0 Å². The summed E-state index contributed by atoms with van der Waals surface area (Å²) in [5, 5.41) is 4.33. The minimum absolute atomic E-state index is 0.116. The third-order valence-electron chi connectivity index (χ3n) is 5.73. The van der Waals surface area contributed by atoms with Crippen LogP contribution in [0.3, 0.4) is 0 Å². The van der Waals surface area contributed by atoms with Crippen LogP contribution in [0.1, 0.15) is 38.8 Å². The number of ether oxygens (including phenoxy) is 2. The molecule has 0 unspecified atom stereocenters. The lowest BCUT2D eigenvalue weighted by molar-refractivity contribution is -0.150. The maximum atomic E-state index is 12.2. The quantitative estimate of drug-likeness (QED) is 0.641. The molecule has 0 radical (unpaired) electrons. The summed E-state index contributed by atoms with van der Waals surface area (Å²) in [7, 11) is 0. The van der Waals surface area contributed by atoms with Crippen LogP contribution in [0.5, 0.6) is 5.75 Å². The highest BCUT2D eigenvalue weighted by atomic mass is 35.5. The molecule has 3 rings (SSSR count). The number of fused-ring (bicyclic) bond motifs is 1. The second-order valence-corrected chi connectivity index (χ2v) is 8.72. The van der Waals surface area contributed by atoms with Crippen LogP contribution in [0.2, 0.25) is 10.0 Å². The van der Waals surface area contributed by atoms with Crippen molar-refractivity contribution in [1.82, 2.24) is 10.3 Å². The molecular formula is C22H26Cl2N2O4. The lowest BCUT2D eigenvalue weighted by Crippen LogP contribution is -2.45. The van der Waals surface area contributed by atoms with Crippen LogP contribution in [0, 0.1) is 18.8 Å². The van der Waals surface area contributed by atoms with Gasteiger partial charge in [0.25, 0.3) is 5.91 Å². The van der Waals surface area contributed by atoms with Gasteiger partial charge in [-0.25, -0.2) is 9.78 Å². The zero-order chi connectivity index (χ0) is 21.8.